The third kappa shape index (κ3) is 3.42. The van der Waals surface area contributed by atoms with E-state index in [1.807, 2.05) is 0 Å². The zero-order valence-corrected chi connectivity index (χ0v) is 9.20. The summed E-state index contributed by atoms with van der Waals surface area (Å²) in [6.45, 7) is 4.10. The maximum atomic E-state index is 12.7. The van der Waals surface area contributed by atoms with Crippen LogP contribution in [0.2, 0.25) is 0 Å². The molecule has 76 valence electrons. The fourth-order valence-electron chi connectivity index (χ4n) is 0.949. The van der Waals surface area contributed by atoms with E-state index in [9.17, 15) is 4.39 Å². The lowest BCUT2D eigenvalue weighted by Gasteiger charge is -2.03. The molecule has 3 heteroatoms. The molecule has 14 heavy (non-hydrogen) atoms. The standard InChI is InChI=1S/C11H14FNS/c1-8(2)5-6-14-11-4-3-9(12)7-10(11)13/h3-5,7H,6,13H2,1-2H3. The van der Waals surface area contributed by atoms with Gasteiger partial charge in [-0.2, -0.15) is 0 Å². The van der Waals surface area contributed by atoms with Gasteiger partial charge in [0.25, 0.3) is 0 Å². The van der Waals surface area contributed by atoms with E-state index in [1.54, 1.807) is 17.8 Å². The lowest BCUT2D eigenvalue weighted by atomic mass is 10.3. The Morgan fingerprint density at radius 1 is 1.50 bits per heavy atom. The number of nitrogens with two attached hydrogens (primary N) is 1. The van der Waals surface area contributed by atoms with Crippen LogP contribution in [0.25, 0.3) is 0 Å². The SMILES string of the molecule is CC(C)=CCSc1ccc(F)cc1N. The van der Waals surface area contributed by atoms with Crippen molar-refractivity contribution < 1.29 is 4.39 Å². The van der Waals surface area contributed by atoms with Crippen LogP contribution in [-0.4, -0.2) is 5.75 Å². The molecule has 0 heterocycles. The Morgan fingerprint density at radius 3 is 2.79 bits per heavy atom. The van der Waals surface area contributed by atoms with Crippen LogP contribution in [0.1, 0.15) is 13.8 Å². The molecule has 0 amide bonds. The summed E-state index contributed by atoms with van der Waals surface area (Å²) < 4.78 is 12.7. The van der Waals surface area contributed by atoms with Gasteiger partial charge < -0.3 is 5.73 Å². The van der Waals surface area contributed by atoms with Crippen molar-refractivity contribution in [1.29, 1.82) is 0 Å². The summed E-state index contributed by atoms with van der Waals surface area (Å²) in [5.41, 5.74) is 7.44. The van der Waals surface area contributed by atoms with Gasteiger partial charge in [-0.05, 0) is 32.0 Å². The van der Waals surface area contributed by atoms with Gasteiger partial charge in [-0.15, -0.1) is 11.8 Å². The second kappa shape index (κ2) is 5.05. The molecule has 0 aliphatic rings. The summed E-state index contributed by atoms with van der Waals surface area (Å²) in [6, 6.07) is 4.50. The van der Waals surface area contributed by atoms with E-state index in [-0.39, 0.29) is 5.82 Å². The predicted molar refractivity (Wildman–Crippen MR) is 61.0 cm³/mol. The van der Waals surface area contributed by atoms with Crippen molar-refractivity contribution in [3.8, 4) is 0 Å². The van der Waals surface area contributed by atoms with Crippen molar-refractivity contribution in [2.75, 3.05) is 11.5 Å². The van der Waals surface area contributed by atoms with Crippen molar-refractivity contribution in [2.45, 2.75) is 18.7 Å². The van der Waals surface area contributed by atoms with Gasteiger partial charge in [-0.3, -0.25) is 0 Å². The Morgan fingerprint density at radius 2 is 2.21 bits per heavy atom. The number of halogens is 1. The molecule has 0 aliphatic carbocycles. The predicted octanol–water partition coefficient (Wildman–Crippen LogP) is 3.47. The van der Waals surface area contributed by atoms with E-state index in [0.717, 1.165) is 10.6 Å². The number of thioether (sulfide) groups is 1. The third-order valence-corrected chi connectivity index (χ3v) is 2.72. The van der Waals surface area contributed by atoms with Crippen LogP contribution in [-0.2, 0) is 0 Å². The minimum Gasteiger partial charge on any atom is -0.398 e. The molecular formula is C11H14FNS. The summed E-state index contributed by atoms with van der Waals surface area (Å²) in [5, 5.41) is 0. The van der Waals surface area contributed by atoms with Crippen LogP contribution in [0.3, 0.4) is 0 Å². The molecule has 0 fully saturated rings. The highest BCUT2D eigenvalue weighted by atomic mass is 32.2. The molecule has 0 atom stereocenters. The smallest absolute Gasteiger partial charge is 0.125 e. The van der Waals surface area contributed by atoms with E-state index in [4.69, 9.17) is 5.73 Å². The zero-order chi connectivity index (χ0) is 10.6. The molecule has 0 radical (unpaired) electrons. The van der Waals surface area contributed by atoms with Crippen molar-refractivity contribution in [3.05, 3.63) is 35.7 Å². The van der Waals surface area contributed by atoms with Gasteiger partial charge in [-0.25, -0.2) is 4.39 Å². The highest BCUT2D eigenvalue weighted by Crippen LogP contribution is 2.25. The first-order valence-electron chi connectivity index (χ1n) is 4.41. The van der Waals surface area contributed by atoms with Crippen LogP contribution in [0.5, 0.6) is 0 Å². The van der Waals surface area contributed by atoms with E-state index in [2.05, 4.69) is 19.9 Å². The van der Waals surface area contributed by atoms with Gasteiger partial charge in [0.15, 0.2) is 0 Å². The highest BCUT2D eigenvalue weighted by molar-refractivity contribution is 7.99. The molecule has 0 spiro atoms. The Balaban J connectivity index is 2.64. The first-order valence-corrected chi connectivity index (χ1v) is 5.39. The van der Waals surface area contributed by atoms with E-state index in [0.29, 0.717) is 5.69 Å². The Hall–Kier alpha value is -0.960. The number of nitrogen functional groups attached to an aromatic ring is 1. The van der Waals surface area contributed by atoms with Gasteiger partial charge in [0.2, 0.25) is 0 Å². The topological polar surface area (TPSA) is 26.0 Å². The average Bonchev–Trinajstić information content (AvgIpc) is 2.08. The first kappa shape index (κ1) is 11.1. The second-order valence-corrected chi connectivity index (χ2v) is 4.34. The molecule has 0 aromatic heterocycles. The van der Waals surface area contributed by atoms with Gasteiger partial charge in [0.1, 0.15) is 5.82 Å². The van der Waals surface area contributed by atoms with Crippen molar-refractivity contribution in [2.24, 2.45) is 0 Å². The molecular weight excluding hydrogens is 197 g/mol. The molecule has 0 unspecified atom stereocenters. The second-order valence-electron chi connectivity index (χ2n) is 3.27. The summed E-state index contributed by atoms with van der Waals surface area (Å²) in [7, 11) is 0. The lowest BCUT2D eigenvalue weighted by molar-refractivity contribution is 0.627. The number of rotatable bonds is 3. The van der Waals surface area contributed by atoms with Crippen molar-refractivity contribution >= 4 is 17.4 Å². The molecule has 1 rings (SSSR count). The monoisotopic (exact) mass is 211 g/mol. The Kier molecular flexibility index (Phi) is 4.01. The fraction of sp³-hybridized carbons (Fsp3) is 0.273. The minimum atomic E-state index is -0.283. The summed E-state index contributed by atoms with van der Waals surface area (Å²) in [4.78, 5) is 0.934. The molecule has 1 aromatic carbocycles. The molecule has 2 N–H and O–H groups in total. The minimum absolute atomic E-state index is 0.283. The van der Waals surface area contributed by atoms with Crippen LogP contribution in [0, 0.1) is 5.82 Å². The Labute approximate surface area is 88.2 Å². The highest BCUT2D eigenvalue weighted by Gasteiger charge is 1.99. The first-order chi connectivity index (χ1) is 6.59. The molecule has 0 aliphatic heterocycles. The van der Waals surface area contributed by atoms with E-state index >= 15 is 0 Å². The van der Waals surface area contributed by atoms with Crippen LogP contribution < -0.4 is 5.73 Å². The van der Waals surface area contributed by atoms with Crippen LogP contribution >= 0.6 is 11.8 Å². The third-order valence-electron chi connectivity index (χ3n) is 1.70. The van der Waals surface area contributed by atoms with Gasteiger partial charge in [0.05, 0.1) is 0 Å². The average molecular weight is 211 g/mol. The van der Waals surface area contributed by atoms with Crippen molar-refractivity contribution in [3.63, 3.8) is 0 Å². The zero-order valence-electron chi connectivity index (χ0n) is 8.38. The maximum Gasteiger partial charge on any atom is 0.125 e. The van der Waals surface area contributed by atoms with Crippen LogP contribution in [0.15, 0.2) is 34.7 Å². The largest absolute Gasteiger partial charge is 0.398 e. The number of hydrogen-bond donors (Lipinski definition) is 1. The number of anilines is 1. The van der Waals surface area contributed by atoms with Crippen LogP contribution in [0.4, 0.5) is 10.1 Å². The molecule has 1 aromatic rings. The molecule has 0 saturated carbocycles. The number of benzene rings is 1. The number of hydrogen-bond acceptors (Lipinski definition) is 2. The summed E-state index contributed by atoms with van der Waals surface area (Å²) in [6.07, 6.45) is 2.12. The van der Waals surface area contributed by atoms with Crippen molar-refractivity contribution in [1.82, 2.24) is 0 Å². The summed E-state index contributed by atoms with van der Waals surface area (Å²) in [5.74, 6) is 0.590. The van der Waals surface area contributed by atoms with E-state index in [1.165, 1.54) is 17.7 Å². The quantitative estimate of drug-likeness (QED) is 0.470. The molecule has 1 nitrogen and oxygen atoms in total. The molecule has 0 saturated heterocycles. The fourth-order valence-corrected chi connectivity index (χ4v) is 1.93. The number of allylic oxidation sites excluding steroid dienone is 1. The Bertz CT molecular complexity index is 343. The lowest BCUT2D eigenvalue weighted by Crippen LogP contribution is -1.90. The normalized spacial score (nSPS) is 9.93. The maximum absolute atomic E-state index is 12.7. The van der Waals surface area contributed by atoms with Gasteiger partial charge in [0, 0.05) is 16.3 Å². The summed E-state index contributed by atoms with van der Waals surface area (Å²) >= 11 is 1.62. The molecule has 0 bridgehead atoms. The van der Waals surface area contributed by atoms with Gasteiger partial charge >= 0.3 is 0 Å². The van der Waals surface area contributed by atoms with Gasteiger partial charge in [-0.1, -0.05) is 11.6 Å². The van der Waals surface area contributed by atoms with E-state index < -0.39 is 0 Å².